The summed E-state index contributed by atoms with van der Waals surface area (Å²) in [6.45, 7) is 5.75. The van der Waals surface area contributed by atoms with Crippen LogP contribution < -0.4 is 9.47 Å². The minimum atomic E-state index is -0.358. The van der Waals surface area contributed by atoms with Gasteiger partial charge in [0.1, 0.15) is 5.25 Å². The van der Waals surface area contributed by atoms with Crippen molar-refractivity contribution in [2.24, 2.45) is 4.99 Å². The van der Waals surface area contributed by atoms with Gasteiger partial charge in [0, 0.05) is 17.0 Å². The van der Waals surface area contributed by atoms with Gasteiger partial charge in [-0.15, -0.1) is 11.8 Å². The van der Waals surface area contributed by atoms with Crippen molar-refractivity contribution in [2.75, 3.05) is 19.8 Å². The molecule has 0 bridgehead atoms. The largest absolute Gasteiger partial charge is 0.490 e. The van der Waals surface area contributed by atoms with E-state index in [-0.39, 0.29) is 5.25 Å². The highest BCUT2D eigenvalue weighted by molar-refractivity contribution is 8.01. The van der Waals surface area contributed by atoms with E-state index in [1.165, 1.54) is 11.8 Å². The van der Waals surface area contributed by atoms with Crippen LogP contribution in [0.1, 0.15) is 25.0 Å². The Kier molecular flexibility index (Phi) is 6.19. The predicted molar refractivity (Wildman–Crippen MR) is 106 cm³/mol. The van der Waals surface area contributed by atoms with Gasteiger partial charge in [0.25, 0.3) is 0 Å². The summed E-state index contributed by atoms with van der Waals surface area (Å²) >= 11 is 1.53. The van der Waals surface area contributed by atoms with Crippen LogP contribution in [-0.4, -0.2) is 30.7 Å². The molecular formula is C21H22N2O2S. The number of nitriles is 1. The highest BCUT2D eigenvalue weighted by Gasteiger charge is 2.25. The second-order valence-corrected chi connectivity index (χ2v) is 6.96. The molecule has 134 valence electrons. The van der Waals surface area contributed by atoms with Crippen LogP contribution >= 0.6 is 11.8 Å². The van der Waals surface area contributed by atoms with Crippen molar-refractivity contribution >= 4 is 17.5 Å². The first kappa shape index (κ1) is 18.3. The molecule has 0 aromatic heterocycles. The number of ether oxygens (including phenoxy) is 2. The molecule has 1 heterocycles. The van der Waals surface area contributed by atoms with Gasteiger partial charge in [0.2, 0.25) is 0 Å². The molecular weight excluding hydrogens is 344 g/mol. The first-order chi connectivity index (χ1) is 12.8. The van der Waals surface area contributed by atoms with E-state index in [0.29, 0.717) is 25.5 Å². The molecule has 1 aliphatic heterocycles. The lowest BCUT2D eigenvalue weighted by atomic mass is 9.95. The molecule has 0 radical (unpaired) electrons. The Hall–Kier alpha value is -2.45. The van der Waals surface area contributed by atoms with Crippen LogP contribution in [0, 0.1) is 11.3 Å². The second kappa shape index (κ2) is 8.77. The van der Waals surface area contributed by atoms with E-state index in [0.717, 1.165) is 33.9 Å². The van der Waals surface area contributed by atoms with E-state index in [9.17, 15) is 5.26 Å². The highest BCUT2D eigenvalue weighted by atomic mass is 32.2. The number of hydrogen-bond acceptors (Lipinski definition) is 5. The SMILES string of the molecule is CCOc1cc2c(cc1OCC)C(C(C#N)Sc1ccccc1)=NCC2. The number of thioether (sulfide) groups is 1. The molecule has 1 unspecified atom stereocenters. The zero-order valence-corrected chi connectivity index (χ0v) is 15.9. The lowest BCUT2D eigenvalue weighted by molar-refractivity contribution is 0.287. The molecule has 3 rings (SSSR count). The van der Waals surface area contributed by atoms with Crippen LogP contribution in [0.2, 0.25) is 0 Å². The van der Waals surface area contributed by atoms with E-state index in [1.807, 2.05) is 56.3 Å². The monoisotopic (exact) mass is 366 g/mol. The second-order valence-electron chi connectivity index (χ2n) is 5.78. The quantitative estimate of drug-likeness (QED) is 0.676. The number of benzene rings is 2. The van der Waals surface area contributed by atoms with Gasteiger partial charge < -0.3 is 9.47 Å². The fourth-order valence-electron chi connectivity index (χ4n) is 2.97. The van der Waals surface area contributed by atoms with Crippen molar-refractivity contribution in [3.63, 3.8) is 0 Å². The molecule has 2 aromatic carbocycles. The third kappa shape index (κ3) is 4.03. The van der Waals surface area contributed by atoms with Gasteiger partial charge in [-0.2, -0.15) is 5.26 Å². The van der Waals surface area contributed by atoms with Crippen LogP contribution in [0.3, 0.4) is 0 Å². The average molecular weight is 366 g/mol. The Labute approximate surface area is 158 Å². The topological polar surface area (TPSA) is 54.6 Å². The number of rotatable bonds is 7. The van der Waals surface area contributed by atoms with E-state index in [2.05, 4.69) is 6.07 Å². The molecule has 5 heteroatoms. The van der Waals surface area contributed by atoms with E-state index in [1.54, 1.807) is 0 Å². The van der Waals surface area contributed by atoms with Gasteiger partial charge in [0.05, 0.1) is 25.0 Å². The standard InChI is InChI=1S/C21H22N2O2S/c1-3-24-18-12-15-10-11-23-21(17(15)13-19(18)25-4-2)20(14-22)26-16-8-6-5-7-9-16/h5-9,12-13,20H,3-4,10-11H2,1-2H3. The molecule has 0 amide bonds. The lowest BCUT2D eigenvalue weighted by Crippen LogP contribution is -2.23. The fraction of sp³-hybridized carbons (Fsp3) is 0.333. The van der Waals surface area contributed by atoms with E-state index < -0.39 is 0 Å². The summed E-state index contributed by atoms with van der Waals surface area (Å²) < 4.78 is 11.5. The van der Waals surface area contributed by atoms with Crippen molar-refractivity contribution in [2.45, 2.75) is 30.4 Å². The van der Waals surface area contributed by atoms with Gasteiger partial charge in [-0.05, 0) is 50.1 Å². The number of hydrogen-bond donors (Lipinski definition) is 0. The van der Waals surface area contributed by atoms with Crippen molar-refractivity contribution in [1.82, 2.24) is 0 Å². The Balaban J connectivity index is 1.96. The minimum absolute atomic E-state index is 0.358. The first-order valence-electron chi connectivity index (χ1n) is 8.85. The van der Waals surface area contributed by atoms with Crippen molar-refractivity contribution in [3.8, 4) is 17.6 Å². The number of aliphatic imine (C=N–C) groups is 1. The Bertz CT molecular complexity index is 828. The maximum absolute atomic E-state index is 9.77. The molecule has 0 aliphatic carbocycles. The predicted octanol–water partition coefficient (Wildman–Crippen LogP) is 4.51. The maximum atomic E-state index is 9.77. The number of fused-ring (bicyclic) bond motifs is 1. The molecule has 0 spiro atoms. The Morgan fingerprint density at radius 2 is 1.81 bits per heavy atom. The van der Waals surface area contributed by atoms with Crippen molar-refractivity contribution in [1.29, 1.82) is 5.26 Å². The summed E-state index contributed by atoms with van der Waals surface area (Å²) in [7, 11) is 0. The smallest absolute Gasteiger partial charge is 0.161 e. The van der Waals surface area contributed by atoms with Gasteiger partial charge in [-0.1, -0.05) is 18.2 Å². The van der Waals surface area contributed by atoms with E-state index >= 15 is 0 Å². The van der Waals surface area contributed by atoms with E-state index in [4.69, 9.17) is 14.5 Å². The van der Waals surface area contributed by atoms with Gasteiger partial charge in [-0.3, -0.25) is 4.99 Å². The molecule has 0 saturated heterocycles. The summed E-state index contributed by atoms with van der Waals surface area (Å²) in [5, 5.41) is 9.41. The summed E-state index contributed by atoms with van der Waals surface area (Å²) in [6.07, 6.45) is 0.847. The third-order valence-corrected chi connectivity index (χ3v) is 5.18. The van der Waals surface area contributed by atoms with Crippen LogP contribution in [0.5, 0.6) is 11.5 Å². The zero-order chi connectivity index (χ0) is 18.4. The molecule has 2 aromatic rings. The average Bonchev–Trinajstić information content (AvgIpc) is 2.67. The summed E-state index contributed by atoms with van der Waals surface area (Å²) in [5.41, 5.74) is 2.99. The Morgan fingerprint density at radius 1 is 1.12 bits per heavy atom. The molecule has 0 fully saturated rings. The molecule has 0 saturated carbocycles. The lowest BCUT2D eigenvalue weighted by Gasteiger charge is -2.22. The van der Waals surface area contributed by atoms with Crippen LogP contribution in [0.4, 0.5) is 0 Å². The third-order valence-electron chi connectivity index (χ3n) is 4.07. The maximum Gasteiger partial charge on any atom is 0.161 e. The van der Waals surface area contributed by atoms with Crippen molar-refractivity contribution < 1.29 is 9.47 Å². The fourth-order valence-corrected chi connectivity index (χ4v) is 3.92. The minimum Gasteiger partial charge on any atom is -0.490 e. The van der Waals surface area contributed by atoms with Crippen LogP contribution in [0.15, 0.2) is 52.4 Å². The van der Waals surface area contributed by atoms with Crippen LogP contribution in [0.25, 0.3) is 0 Å². The molecule has 1 aliphatic rings. The summed E-state index contributed by atoms with van der Waals surface area (Å²) in [6, 6.07) is 16.4. The highest BCUT2D eigenvalue weighted by Crippen LogP contribution is 2.36. The summed E-state index contributed by atoms with van der Waals surface area (Å²) in [4.78, 5) is 5.75. The molecule has 1 atom stereocenters. The first-order valence-corrected chi connectivity index (χ1v) is 9.73. The molecule has 4 nitrogen and oxygen atoms in total. The van der Waals surface area contributed by atoms with Gasteiger partial charge in [0.15, 0.2) is 11.5 Å². The molecule has 0 N–H and O–H groups in total. The number of nitrogens with zero attached hydrogens (tertiary/aromatic N) is 2. The van der Waals surface area contributed by atoms with Gasteiger partial charge >= 0.3 is 0 Å². The Morgan fingerprint density at radius 3 is 2.46 bits per heavy atom. The van der Waals surface area contributed by atoms with Gasteiger partial charge in [-0.25, -0.2) is 0 Å². The summed E-state index contributed by atoms with van der Waals surface area (Å²) in [5.74, 6) is 1.47. The van der Waals surface area contributed by atoms with Crippen LogP contribution in [-0.2, 0) is 6.42 Å². The van der Waals surface area contributed by atoms with Crippen molar-refractivity contribution in [3.05, 3.63) is 53.6 Å². The normalized spacial score (nSPS) is 14.0. The zero-order valence-electron chi connectivity index (χ0n) is 15.1. The molecule has 26 heavy (non-hydrogen) atoms.